The molecule has 0 fully saturated rings. The molecule has 1 aliphatic heterocycles. The van der Waals surface area contributed by atoms with Crippen LogP contribution in [0.3, 0.4) is 0 Å². The van der Waals surface area contributed by atoms with Gasteiger partial charge in [-0.3, -0.25) is 0 Å². The second kappa shape index (κ2) is 9.57. The number of hydrogen-bond acceptors (Lipinski definition) is 3. The van der Waals surface area contributed by atoms with Crippen molar-refractivity contribution in [1.82, 2.24) is 0 Å². The van der Waals surface area contributed by atoms with Crippen molar-refractivity contribution in [3.8, 4) is 0 Å². The fraction of sp³-hybridized carbons (Fsp3) is 0.0909. The van der Waals surface area contributed by atoms with Crippen LogP contribution < -0.4 is 4.90 Å². The van der Waals surface area contributed by atoms with Gasteiger partial charge in [-0.15, -0.1) is 11.3 Å². The molecule has 2 nitrogen and oxygen atoms in total. The summed E-state index contributed by atoms with van der Waals surface area (Å²) in [5.41, 5.74) is 7.37. The molecule has 0 saturated carbocycles. The Bertz CT molecular complexity index is 2750. The van der Waals surface area contributed by atoms with Gasteiger partial charge in [0, 0.05) is 59.5 Å². The first-order valence-corrected chi connectivity index (χ1v) is 17.4. The fourth-order valence-electron chi connectivity index (χ4n) is 8.74. The fourth-order valence-corrected chi connectivity index (χ4v) is 9.86. The van der Waals surface area contributed by atoms with E-state index in [0.29, 0.717) is 12.0 Å². The van der Waals surface area contributed by atoms with Crippen LogP contribution in [0.1, 0.15) is 29.4 Å². The minimum absolute atomic E-state index is 0.281. The van der Waals surface area contributed by atoms with Gasteiger partial charge < -0.3 is 9.32 Å². The summed E-state index contributed by atoms with van der Waals surface area (Å²) < 4.78 is 9.40. The van der Waals surface area contributed by atoms with Crippen LogP contribution in [0.25, 0.3) is 63.7 Å². The first kappa shape index (κ1) is 25.8. The molecule has 2 aromatic heterocycles. The number of hydrogen-bond donors (Lipinski definition) is 0. The van der Waals surface area contributed by atoms with Crippen LogP contribution in [0.5, 0.6) is 0 Å². The third kappa shape index (κ3) is 3.61. The maximum atomic E-state index is 6.74. The Labute approximate surface area is 275 Å². The molecule has 3 unspecified atom stereocenters. The van der Waals surface area contributed by atoms with Gasteiger partial charge in [0.2, 0.25) is 0 Å². The Kier molecular flexibility index (Phi) is 5.25. The lowest BCUT2D eigenvalue weighted by Crippen LogP contribution is -2.31. The molecule has 2 aliphatic rings. The van der Waals surface area contributed by atoms with Crippen molar-refractivity contribution in [2.75, 3.05) is 4.90 Å². The summed E-state index contributed by atoms with van der Waals surface area (Å²) in [6.07, 6.45) is 6.03. The summed E-state index contributed by atoms with van der Waals surface area (Å²) in [6.45, 7) is 0. The SMILES string of the molecule is C1=CC2C(CC1c1cc3cc4c(cc3c3c1ccc1c5ccccc5oc13)sc1ccccc14)c1ccccc1N2c1ccccc1. The molecule has 3 heteroatoms. The molecular formula is C44H29NOS. The second-order valence-corrected chi connectivity index (χ2v) is 14.3. The lowest BCUT2D eigenvalue weighted by molar-refractivity contribution is 0.534. The zero-order valence-electron chi connectivity index (χ0n) is 25.6. The van der Waals surface area contributed by atoms with Gasteiger partial charge in [-0.25, -0.2) is 0 Å². The van der Waals surface area contributed by atoms with Crippen molar-refractivity contribution in [2.45, 2.75) is 24.3 Å². The monoisotopic (exact) mass is 619 g/mol. The number of furan rings is 1. The van der Waals surface area contributed by atoms with Crippen LogP contribution >= 0.6 is 11.3 Å². The molecule has 7 aromatic carbocycles. The highest BCUT2D eigenvalue weighted by molar-refractivity contribution is 7.25. The molecule has 9 aromatic rings. The molecule has 11 rings (SSSR count). The maximum Gasteiger partial charge on any atom is 0.143 e. The predicted molar refractivity (Wildman–Crippen MR) is 200 cm³/mol. The van der Waals surface area contributed by atoms with Crippen molar-refractivity contribution < 1.29 is 4.42 Å². The van der Waals surface area contributed by atoms with E-state index in [1.807, 2.05) is 11.3 Å². The average molecular weight is 620 g/mol. The molecule has 0 N–H and O–H groups in total. The van der Waals surface area contributed by atoms with E-state index in [0.717, 1.165) is 17.6 Å². The van der Waals surface area contributed by atoms with E-state index in [9.17, 15) is 0 Å². The topological polar surface area (TPSA) is 16.4 Å². The van der Waals surface area contributed by atoms with Gasteiger partial charge in [0.15, 0.2) is 0 Å². The third-order valence-electron chi connectivity index (χ3n) is 10.8. The average Bonchev–Trinajstić information content (AvgIpc) is 3.79. The van der Waals surface area contributed by atoms with Crippen LogP contribution in [0, 0.1) is 0 Å². The highest BCUT2D eigenvalue weighted by atomic mass is 32.1. The highest BCUT2D eigenvalue weighted by Gasteiger charge is 2.41. The van der Waals surface area contributed by atoms with Gasteiger partial charge in [-0.2, -0.15) is 0 Å². The second-order valence-electron chi connectivity index (χ2n) is 13.2. The number of para-hydroxylation sites is 3. The zero-order chi connectivity index (χ0) is 30.6. The number of anilines is 2. The normalized spacial score (nSPS) is 19.1. The molecule has 3 atom stereocenters. The van der Waals surface area contributed by atoms with E-state index in [-0.39, 0.29) is 5.92 Å². The van der Waals surface area contributed by atoms with Gasteiger partial charge in [-0.1, -0.05) is 91.0 Å². The molecular weight excluding hydrogens is 591 g/mol. The first-order valence-electron chi connectivity index (χ1n) is 16.5. The van der Waals surface area contributed by atoms with E-state index in [1.165, 1.54) is 75.0 Å². The molecule has 0 radical (unpaired) electrons. The van der Waals surface area contributed by atoms with Crippen molar-refractivity contribution in [3.63, 3.8) is 0 Å². The molecule has 0 spiro atoms. The zero-order valence-corrected chi connectivity index (χ0v) is 26.4. The smallest absolute Gasteiger partial charge is 0.143 e. The number of fused-ring (bicyclic) bond motifs is 13. The van der Waals surface area contributed by atoms with Crippen molar-refractivity contribution >= 4 is 86.4 Å². The number of benzene rings is 7. The summed E-state index contributed by atoms with van der Waals surface area (Å²) in [5, 5.41) is 10.1. The van der Waals surface area contributed by atoms with Gasteiger partial charge in [0.1, 0.15) is 11.2 Å². The first-order chi connectivity index (χ1) is 23.3. The Balaban J connectivity index is 1.17. The lowest BCUT2D eigenvalue weighted by Gasteiger charge is -2.33. The quantitative estimate of drug-likeness (QED) is 0.141. The minimum Gasteiger partial charge on any atom is -0.455 e. The number of thiophene rings is 1. The van der Waals surface area contributed by atoms with Crippen LogP contribution in [-0.4, -0.2) is 6.04 Å². The number of allylic oxidation sites excluding steroid dienone is 1. The third-order valence-corrected chi connectivity index (χ3v) is 11.9. The standard InChI is InChI=1S/C44H29NOS/c1-2-10-28(11-3-1)45-38-15-7-4-12-29(38)36-22-26(18-21-39(36)45)34-23-27-24-37-31-14-6-9-17-41(31)47-42(37)25-35(27)43-32(34)19-20-33-30-13-5-8-16-40(30)46-44(33)43/h1-21,23-26,36,39H,22H2. The summed E-state index contributed by atoms with van der Waals surface area (Å²) in [4.78, 5) is 2.54. The van der Waals surface area contributed by atoms with Gasteiger partial charge >= 0.3 is 0 Å². The number of rotatable bonds is 2. The Morgan fingerprint density at radius 2 is 1.36 bits per heavy atom. The molecule has 1 aliphatic carbocycles. The van der Waals surface area contributed by atoms with Crippen molar-refractivity contribution in [2.24, 2.45) is 0 Å². The molecule has 0 bridgehead atoms. The molecule has 0 amide bonds. The van der Waals surface area contributed by atoms with Crippen molar-refractivity contribution in [1.29, 1.82) is 0 Å². The molecule has 0 saturated heterocycles. The Hall–Kier alpha value is -5.38. The molecule has 222 valence electrons. The summed E-state index contributed by atoms with van der Waals surface area (Å²) in [7, 11) is 0. The van der Waals surface area contributed by atoms with Crippen molar-refractivity contribution in [3.05, 3.63) is 157 Å². The van der Waals surface area contributed by atoms with Gasteiger partial charge in [-0.05, 0) is 88.3 Å². The van der Waals surface area contributed by atoms with Crippen LogP contribution in [-0.2, 0) is 0 Å². The van der Waals surface area contributed by atoms with E-state index >= 15 is 0 Å². The summed E-state index contributed by atoms with van der Waals surface area (Å²) in [6, 6.07) is 49.5. The lowest BCUT2D eigenvalue weighted by atomic mass is 9.76. The van der Waals surface area contributed by atoms with Crippen LogP contribution in [0.15, 0.2) is 150 Å². The summed E-state index contributed by atoms with van der Waals surface area (Å²) in [5.74, 6) is 0.689. The largest absolute Gasteiger partial charge is 0.455 e. The van der Waals surface area contributed by atoms with E-state index in [2.05, 4.69) is 151 Å². The Morgan fingerprint density at radius 3 is 2.30 bits per heavy atom. The minimum atomic E-state index is 0.281. The molecule has 3 heterocycles. The highest BCUT2D eigenvalue weighted by Crippen LogP contribution is 2.53. The van der Waals surface area contributed by atoms with Crippen LogP contribution in [0.2, 0.25) is 0 Å². The Morgan fingerprint density at radius 1 is 0.574 bits per heavy atom. The summed E-state index contributed by atoms with van der Waals surface area (Å²) >= 11 is 1.88. The van der Waals surface area contributed by atoms with E-state index in [1.54, 1.807) is 0 Å². The van der Waals surface area contributed by atoms with Gasteiger partial charge in [0.25, 0.3) is 0 Å². The van der Waals surface area contributed by atoms with E-state index < -0.39 is 0 Å². The van der Waals surface area contributed by atoms with Crippen LogP contribution in [0.4, 0.5) is 11.4 Å². The maximum absolute atomic E-state index is 6.74. The predicted octanol–water partition coefficient (Wildman–Crippen LogP) is 12.6. The van der Waals surface area contributed by atoms with Gasteiger partial charge in [0.05, 0.1) is 6.04 Å². The molecule has 47 heavy (non-hydrogen) atoms. The van der Waals surface area contributed by atoms with E-state index in [4.69, 9.17) is 4.42 Å². The number of nitrogens with zero attached hydrogens (tertiary/aromatic N) is 1.